The Kier molecular flexibility index (Phi) is 7.10. The Hall–Kier alpha value is -4.61. The highest BCUT2D eigenvalue weighted by molar-refractivity contribution is 5.89. The van der Waals surface area contributed by atoms with Crippen LogP contribution in [0.4, 0.5) is 5.69 Å². The molecule has 0 saturated heterocycles. The summed E-state index contributed by atoms with van der Waals surface area (Å²) in [4.78, 5) is 28.1. The monoisotopic (exact) mass is 462 g/mol. The second-order valence-corrected chi connectivity index (χ2v) is 8.25. The molecule has 0 atom stereocenters. The third-order valence-corrected chi connectivity index (χ3v) is 5.36. The standard InChI is InChI=1S/C25H24N8.C2H2/c1-33(2)15-16-7-18(11-27-10-16)22-8-17(20(26)13-30-22)9-24-31-23-14-28-12-19(25(23)32-24)21-5-3-4-6-29-21;1-2/h3-8,10-14H,9,15,26H2,1-2H3,(H,31,32);1-2H. The predicted molar refractivity (Wildman–Crippen MR) is 139 cm³/mol. The van der Waals surface area contributed by atoms with Crippen LogP contribution in [0, 0.1) is 12.8 Å². The number of nitrogens with two attached hydrogens (primary N) is 1. The average molecular weight is 463 g/mol. The molecule has 0 bridgehead atoms. The summed E-state index contributed by atoms with van der Waals surface area (Å²) < 4.78 is 0. The van der Waals surface area contributed by atoms with E-state index in [-0.39, 0.29) is 0 Å². The fourth-order valence-corrected chi connectivity index (χ4v) is 3.86. The van der Waals surface area contributed by atoms with Gasteiger partial charge in [0.25, 0.3) is 0 Å². The first-order valence-corrected chi connectivity index (χ1v) is 11.0. The molecule has 0 unspecified atom stereocenters. The largest absolute Gasteiger partial charge is 0.397 e. The van der Waals surface area contributed by atoms with E-state index in [1.165, 1.54) is 0 Å². The predicted octanol–water partition coefficient (Wildman–Crippen LogP) is 3.96. The normalized spacial score (nSPS) is 10.8. The van der Waals surface area contributed by atoms with Crippen LogP contribution in [0.3, 0.4) is 0 Å². The Morgan fingerprint density at radius 1 is 0.943 bits per heavy atom. The lowest BCUT2D eigenvalue weighted by molar-refractivity contribution is 0.402. The summed E-state index contributed by atoms with van der Waals surface area (Å²) in [5.41, 5.74) is 14.2. The number of nitrogens with zero attached hydrogens (tertiary/aromatic N) is 6. The Balaban J connectivity index is 0.00000141. The van der Waals surface area contributed by atoms with Crippen molar-refractivity contribution in [1.29, 1.82) is 0 Å². The van der Waals surface area contributed by atoms with Gasteiger partial charge in [0.05, 0.1) is 35.0 Å². The van der Waals surface area contributed by atoms with Crippen LogP contribution >= 0.6 is 0 Å². The van der Waals surface area contributed by atoms with Crippen molar-refractivity contribution in [3.8, 4) is 35.4 Å². The van der Waals surface area contributed by atoms with Gasteiger partial charge in [-0.1, -0.05) is 6.07 Å². The quantitative estimate of drug-likeness (QED) is 0.368. The van der Waals surface area contributed by atoms with Gasteiger partial charge in [-0.3, -0.25) is 19.9 Å². The summed E-state index contributed by atoms with van der Waals surface area (Å²) in [7, 11) is 4.07. The number of hydrogen-bond acceptors (Lipinski definition) is 7. The Bertz CT molecular complexity index is 1450. The minimum Gasteiger partial charge on any atom is -0.397 e. The zero-order valence-electron chi connectivity index (χ0n) is 19.7. The lowest BCUT2D eigenvalue weighted by Crippen LogP contribution is -2.10. The summed E-state index contributed by atoms with van der Waals surface area (Å²) in [6.45, 7) is 0.814. The topological polar surface area (TPSA) is 110 Å². The van der Waals surface area contributed by atoms with E-state index in [1.54, 1.807) is 24.8 Å². The number of fused-ring (bicyclic) bond motifs is 1. The number of hydrogen-bond donors (Lipinski definition) is 2. The van der Waals surface area contributed by atoms with Crippen molar-refractivity contribution in [3.05, 3.63) is 84.5 Å². The van der Waals surface area contributed by atoms with Crippen LogP contribution in [-0.4, -0.2) is 48.9 Å². The maximum absolute atomic E-state index is 6.28. The van der Waals surface area contributed by atoms with Crippen molar-refractivity contribution >= 4 is 16.7 Å². The number of aromatic nitrogens is 6. The molecule has 0 aliphatic heterocycles. The number of anilines is 1. The summed E-state index contributed by atoms with van der Waals surface area (Å²) in [5, 5.41) is 0. The van der Waals surface area contributed by atoms with Gasteiger partial charge in [0.2, 0.25) is 0 Å². The van der Waals surface area contributed by atoms with Crippen LogP contribution in [0.25, 0.3) is 33.5 Å². The molecule has 0 aliphatic rings. The van der Waals surface area contributed by atoms with E-state index in [9.17, 15) is 0 Å². The van der Waals surface area contributed by atoms with E-state index < -0.39 is 0 Å². The van der Waals surface area contributed by atoms with Crippen LogP contribution in [0.1, 0.15) is 17.0 Å². The number of rotatable bonds is 6. The summed E-state index contributed by atoms with van der Waals surface area (Å²) in [5.74, 6) is 0.804. The highest BCUT2D eigenvalue weighted by Crippen LogP contribution is 2.27. The van der Waals surface area contributed by atoms with Gasteiger partial charge < -0.3 is 15.6 Å². The molecule has 8 heteroatoms. The van der Waals surface area contributed by atoms with Crippen LogP contribution in [0.15, 0.2) is 67.5 Å². The van der Waals surface area contributed by atoms with Crippen LogP contribution in [0.2, 0.25) is 0 Å². The van der Waals surface area contributed by atoms with Gasteiger partial charge in [-0.25, -0.2) is 4.98 Å². The van der Waals surface area contributed by atoms with E-state index in [0.29, 0.717) is 12.1 Å². The fourth-order valence-electron chi connectivity index (χ4n) is 3.86. The van der Waals surface area contributed by atoms with E-state index >= 15 is 0 Å². The maximum atomic E-state index is 6.28. The molecular weight excluding hydrogens is 436 g/mol. The molecule has 5 rings (SSSR count). The van der Waals surface area contributed by atoms with Crippen molar-refractivity contribution in [2.24, 2.45) is 0 Å². The van der Waals surface area contributed by atoms with Crippen LogP contribution < -0.4 is 5.73 Å². The first-order valence-electron chi connectivity index (χ1n) is 11.0. The van der Waals surface area contributed by atoms with Gasteiger partial charge in [0.1, 0.15) is 11.3 Å². The van der Waals surface area contributed by atoms with Crippen molar-refractivity contribution in [1.82, 2.24) is 34.8 Å². The van der Waals surface area contributed by atoms with Gasteiger partial charge >= 0.3 is 0 Å². The average Bonchev–Trinajstić information content (AvgIpc) is 3.29. The number of nitrogens with one attached hydrogen (secondary N) is 1. The van der Waals surface area contributed by atoms with Crippen LogP contribution in [0.5, 0.6) is 0 Å². The first-order chi connectivity index (χ1) is 17.1. The minimum absolute atomic E-state index is 0.544. The number of H-pyrrole nitrogens is 1. The molecule has 0 fully saturated rings. The molecule has 5 aromatic rings. The van der Waals surface area contributed by atoms with Crippen molar-refractivity contribution in [3.63, 3.8) is 0 Å². The summed E-state index contributed by atoms with van der Waals surface area (Å²) in [6.07, 6.45) is 19.3. The molecule has 8 nitrogen and oxygen atoms in total. The minimum atomic E-state index is 0.544. The molecule has 0 aromatic carbocycles. The molecule has 35 heavy (non-hydrogen) atoms. The second-order valence-electron chi connectivity index (χ2n) is 8.25. The van der Waals surface area contributed by atoms with Gasteiger partial charge in [0, 0.05) is 48.9 Å². The highest BCUT2D eigenvalue weighted by atomic mass is 15.0. The highest BCUT2D eigenvalue weighted by Gasteiger charge is 2.13. The lowest BCUT2D eigenvalue weighted by atomic mass is 10.1. The molecule has 174 valence electrons. The van der Waals surface area contributed by atoms with E-state index in [2.05, 4.69) is 48.7 Å². The molecule has 0 radical (unpaired) electrons. The van der Waals surface area contributed by atoms with Gasteiger partial charge in [-0.2, -0.15) is 0 Å². The van der Waals surface area contributed by atoms with Crippen molar-refractivity contribution < 1.29 is 0 Å². The van der Waals surface area contributed by atoms with Gasteiger partial charge in [-0.15, -0.1) is 12.8 Å². The number of nitrogen functional groups attached to an aromatic ring is 1. The van der Waals surface area contributed by atoms with Crippen molar-refractivity contribution in [2.75, 3.05) is 19.8 Å². The van der Waals surface area contributed by atoms with E-state index in [0.717, 1.165) is 57.0 Å². The van der Waals surface area contributed by atoms with E-state index in [1.807, 2.05) is 50.8 Å². The lowest BCUT2D eigenvalue weighted by Gasteiger charge is -2.11. The molecule has 0 amide bonds. The third-order valence-electron chi connectivity index (χ3n) is 5.36. The molecular formula is C27H26N8. The van der Waals surface area contributed by atoms with Crippen molar-refractivity contribution in [2.45, 2.75) is 13.0 Å². The SMILES string of the molecule is C#C.CN(C)Cc1cncc(-c2cc(Cc3nc4c(-c5ccccn5)cncc4[nH]3)c(N)cn2)c1. The maximum Gasteiger partial charge on any atom is 0.111 e. The zero-order valence-corrected chi connectivity index (χ0v) is 19.7. The Morgan fingerprint density at radius 3 is 2.54 bits per heavy atom. The molecule has 0 spiro atoms. The fraction of sp³-hybridized carbons (Fsp3) is 0.148. The number of aromatic amines is 1. The van der Waals surface area contributed by atoms with Crippen LogP contribution in [-0.2, 0) is 13.0 Å². The Labute approximate surface area is 204 Å². The molecule has 5 aromatic heterocycles. The molecule has 3 N–H and O–H groups in total. The van der Waals surface area contributed by atoms with E-state index in [4.69, 9.17) is 10.7 Å². The summed E-state index contributed by atoms with van der Waals surface area (Å²) >= 11 is 0. The molecule has 0 saturated carbocycles. The Morgan fingerprint density at radius 2 is 1.77 bits per heavy atom. The molecule has 0 aliphatic carbocycles. The second kappa shape index (κ2) is 10.5. The third kappa shape index (κ3) is 5.32. The smallest absolute Gasteiger partial charge is 0.111 e. The molecule has 5 heterocycles. The summed E-state index contributed by atoms with van der Waals surface area (Å²) in [6, 6.07) is 9.92. The zero-order chi connectivity index (χ0) is 24.8. The number of terminal acetylenes is 1. The first kappa shape index (κ1) is 23.5. The van der Waals surface area contributed by atoms with Gasteiger partial charge in [0.15, 0.2) is 0 Å². The number of pyridine rings is 4. The number of imidazole rings is 1. The van der Waals surface area contributed by atoms with Gasteiger partial charge in [-0.05, 0) is 49.5 Å².